The molecule has 2 aromatic carbocycles. The number of benzene rings is 2. The van der Waals surface area contributed by atoms with Crippen molar-refractivity contribution >= 4 is 67.6 Å². The van der Waals surface area contributed by atoms with Gasteiger partial charge in [0.05, 0.1) is 15.3 Å². The van der Waals surface area contributed by atoms with Gasteiger partial charge in [0, 0.05) is 42.8 Å². The molecule has 0 saturated carbocycles. The largest absolute Gasteiger partial charge is 0.369 e. The van der Waals surface area contributed by atoms with Crippen LogP contribution >= 0.6 is 35.5 Å². The quantitative estimate of drug-likeness (QED) is 0.475. The van der Waals surface area contributed by atoms with Gasteiger partial charge >= 0.3 is 0 Å². The standard InChI is InChI=1S/C22H20N4OS3/c1-25-8-10-26(11-9-25)16-5-3-15(4-6-16)20-17-12-14(2-7-18(17)30-24-20)13-19-21(27)23-22(28)29-19/h2-7,12-13H,8-11H2,1H3,(H,23,27,28). The Morgan fingerprint density at radius 2 is 1.87 bits per heavy atom. The molecule has 152 valence electrons. The van der Waals surface area contributed by atoms with Gasteiger partial charge in [0.25, 0.3) is 5.91 Å². The number of rotatable bonds is 3. The number of thioether (sulfide) groups is 1. The Hall–Kier alpha value is -2.26. The van der Waals surface area contributed by atoms with E-state index in [0.29, 0.717) is 9.23 Å². The summed E-state index contributed by atoms with van der Waals surface area (Å²) in [6.45, 7) is 4.31. The van der Waals surface area contributed by atoms with Crippen LogP contribution in [0.2, 0.25) is 0 Å². The Morgan fingerprint density at radius 1 is 1.10 bits per heavy atom. The average Bonchev–Trinajstić information content (AvgIpc) is 3.31. The molecule has 0 radical (unpaired) electrons. The molecule has 2 aliphatic rings. The predicted molar refractivity (Wildman–Crippen MR) is 131 cm³/mol. The summed E-state index contributed by atoms with van der Waals surface area (Å²) in [4.78, 5) is 17.4. The second-order valence-electron chi connectivity index (χ2n) is 7.48. The lowest BCUT2D eigenvalue weighted by Gasteiger charge is -2.34. The molecule has 1 amide bonds. The number of hydrogen-bond acceptors (Lipinski definition) is 7. The topological polar surface area (TPSA) is 48.5 Å². The van der Waals surface area contributed by atoms with Crippen LogP contribution < -0.4 is 10.2 Å². The third-order valence-electron chi connectivity index (χ3n) is 5.44. The molecule has 0 bridgehead atoms. The van der Waals surface area contributed by atoms with Gasteiger partial charge in [-0.3, -0.25) is 4.79 Å². The number of amides is 1. The Labute approximate surface area is 188 Å². The monoisotopic (exact) mass is 452 g/mol. The lowest BCUT2D eigenvalue weighted by atomic mass is 10.0. The Balaban J connectivity index is 1.44. The first-order valence-electron chi connectivity index (χ1n) is 9.75. The highest BCUT2D eigenvalue weighted by Gasteiger charge is 2.22. The highest BCUT2D eigenvalue weighted by molar-refractivity contribution is 8.26. The molecule has 3 aromatic rings. The third kappa shape index (κ3) is 3.88. The lowest BCUT2D eigenvalue weighted by molar-refractivity contribution is -0.115. The summed E-state index contributed by atoms with van der Waals surface area (Å²) in [7, 11) is 2.17. The van der Waals surface area contributed by atoms with Crippen LogP contribution in [0.1, 0.15) is 5.56 Å². The van der Waals surface area contributed by atoms with Crippen molar-refractivity contribution < 1.29 is 4.79 Å². The molecule has 2 aliphatic heterocycles. The highest BCUT2D eigenvalue weighted by atomic mass is 32.2. The first kappa shape index (κ1) is 19.7. The second kappa shape index (κ2) is 8.11. The van der Waals surface area contributed by atoms with Crippen molar-refractivity contribution in [2.75, 3.05) is 38.1 Å². The van der Waals surface area contributed by atoms with Crippen molar-refractivity contribution in [2.45, 2.75) is 0 Å². The number of hydrogen-bond donors (Lipinski definition) is 1. The van der Waals surface area contributed by atoms with Gasteiger partial charge < -0.3 is 15.1 Å². The number of nitrogens with zero attached hydrogens (tertiary/aromatic N) is 3. The Morgan fingerprint density at radius 3 is 2.57 bits per heavy atom. The van der Waals surface area contributed by atoms with E-state index in [-0.39, 0.29) is 5.91 Å². The molecule has 0 aliphatic carbocycles. The van der Waals surface area contributed by atoms with Crippen LogP contribution in [0.25, 0.3) is 27.4 Å². The van der Waals surface area contributed by atoms with Crippen LogP contribution in [-0.2, 0) is 4.79 Å². The molecular formula is C22H20N4OS3. The van der Waals surface area contributed by atoms with Gasteiger partial charge in [-0.15, -0.1) is 0 Å². The summed E-state index contributed by atoms with van der Waals surface area (Å²) in [6.07, 6.45) is 1.89. The minimum atomic E-state index is -0.131. The summed E-state index contributed by atoms with van der Waals surface area (Å²) in [5, 5.41) is 3.77. The molecule has 5 nitrogen and oxygen atoms in total. The van der Waals surface area contributed by atoms with Gasteiger partial charge in [0.1, 0.15) is 4.32 Å². The summed E-state index contributed by atoms with van der Waals surface area (Å²) in [5.41, 5.74) is 4.33. The molecule has 5 rings (SSSR count). The summed E-state index contributed by atoms with van der Waals surface area (Å²) in [6, 6.07) is 14.9. The van der Waals surface area contributed by atoms with Crippen LogP contribution in [0.3, 0.4) is 0 Å². The fourth-order valence-corrected chi connectivity index (χ4v) is 5.54. The normalized spacial score (nSPS) is 19.1. The SMILES string of the molecule is CN1CCN(c2ccc(-c3nsc4ccc(C=C5SC(=S)NC5=O)cc34)cc2)CC1. The van der Waals surface area contributed by atoms with E-state index in [1.54, 1.807) is 0 Å². The molecule has 0 spiro atoms. The number of aromatic nitrogens is 1. The summed E-state index contributed by atoms with van der Waals surface area (Å²) < 4.78 is 6.35. The third-order valence-corrected chi connectivity index (χ3v) is 7.43. The maximum absolute atomic E-state index is 12.0. The number of likely N-dealkylation sites (N-methyl/N-ethyl adjacent to an activating group) is 1. The lowest BCUT2D eigenvalue weighted by Crippen LogP contribution is -2.44. The smallest absolute Gasteiger partial charge is 0.263 e. The molecule has 8 heteroatoms. The highest BCUT2D eigenvalue weighted by Crippen LogP contribution is 2.34. The molecule has 2 fully saturated rings. The van der Waals surface area contributed by atoms with Gasteiger partial charge in [-0.25, -0.2) is 0 Å². The van der Waals surface area contributed by atoms with E-state index in [2.05, 4.69) is 58.6 Å². The van der Waals surface area contributed by atoms with E-state index >= 15 is 0 Å². The zero-order valence-corrected chi connectivity index (χ0v) is 18.9. The number of nitrogens with one attached hydrogen (secondary N) is 1. The minimum Gasteiger partial charge on any atom is -0.369 e. The first-order valence-corrected chi connectivity index (χ1v) is 11.7. The van der Waals surface area contributed by atoms with Gasteiger partial charge in [0.15, 0.2) is 0 Å². The number of thiocarbonyl (C=S) groups is 1. The molecule has 3 heterocycles. The predicted octanol–water partition coefficient (Wildman–Crippen LogP) is 4.20. The van der Waals surface area contributed by atoms with E-state index in [1.165, 1.54) is 29.0 Å². The number of carbonyl (C=O) groups excluding carboxylic acids is 1. The number of carbonyl (C=O) groups is 1. The fourth-order valence-electron chi connectivity index (χ4n) is 3.72. The van der Waals surface area contributed by atoms with Crippen LogP contribution in [-0.4, -0.2) is 52.7 Å². The van der Waals surface area contributed by atoms with Crippen LogP contribution in [0, 0.1) is 0 Å². The zero-order chi connectivity index (χ0) is 20.7. The molecule has 1 N–H and O–H groups in total. The zero-order valence-electron chi connectivity index (χ0n) is 16.4. The second-order valence-corrected chi connectivity index (χ2v) is 10.0. The van der Waals surface area contributed by atoms with Crippen LogP contribution in [0.4, 0.5) is 5.69 Å². The van der Waals surface area contributed by atoms with E-state index in [0.717, 1.165) is 53.1 Å². The summed E-state index contributed by atoms with van der Waals surface area (Å²) >= 11 is 7.88. The van der Waals surface area contributed by atoms with E-state index in [9.17, 15) is 4.79 Å². The molecular weight excluding hydrogens is 432 g/mol. The molecule has 0 atom stereocenters. The molecule has 30 heavy (non-hydrogen) atoms. The van der Waals surface area contributed by atoms with E-state index in [4.69, 9.17) is 16.6 Å². The fraction of sp³-hybridized carbons (Fsp3) is 0.227. The van der Waals surface area contributed by atoms with Crippen molar-refractivity contribution in [2.24, 2.45) is 0 Å². The van der Waals surface area contributed by atoms with Crippen molar-refractivity contribution in [3.63, 3.8) is 0 Å². The number of piperazine rings is 1. The number of anilines is 1. The van der Waals surface area contributed by atoms with Gasteiger partial charge in [-0.1, -0.05) is 42.2 Å². The van der Waals surface area contributed by atoms with Crippen molar-refractivity contribution in [3.05, 3.63) is 52.9 Å². The average molecular weight is 453 g/mol. The molecule has 2 saturated heterocycles. The summed E-state index contributed by atoms with van der Waals surface area (Å²) in [5.74, 6) is -0.131. The van der Waals surface area contributed by atoms with Gasteiger partial charge in [-0.05, 0) is 54.5 Å². The van der Waals surface area contributed by atoms with Crippen molar-refractivity contribution in [1.29, 1.82) is 0 Å². The van der Waals surface area contributed by atoms with E-state index in [1.807, 2.05) is 12.1 Å². The minimum absolute atomic E-state index is 0.131. The van der Waals surface area contributed by atoms with Crippen LogP contribution in [0.5, 0.6) is 0 Å². The Kier molecular flexibility index (Phi) is 5.32. The van der Waals surface area contributed by atoms with E-state index < -0.39 is 0 Å². The maximum Gasteiger partial charge on any atom is 0.263 e. The Bertz CT molecular complexity index is 1160. The first-order chi connectivity index (χ1) is 14.6. The van der Waals surface area contributed by atoms with Gasteiger partial charge in [0.2, 0.25) is 0 Å². The van der Waals surface area contributed by atoms with Crippen molar-refractivity contribution in [3.8, 4) is 11.3 Å². The van der Waals surface area contributed by atoms with Crippen LogP contribution in [0.15, 0.2) is 47.4 Å². The van der Waals surface area contributed by atoms with Gasteiger partial charge in [-0.2, -0.15) is 4.37 Å². The molecule has 1 aromatic heterocycles. The van der Waals surface area contributed by atoms with Crippen molar-refractivity contribution in [1.82, 2.24) is 14.6 Å². The number of fused-ring (bicyclic) bond motifs is 1. The maximum atomic E-state index is 12.0. The molecule has 0 unspecified atom stereocenters.